The highest BCUT2D eigenvalue weighted by atomic mass is 31.2. The number of carboxylic acid groups (broad SMARTS) is 1. The Labute approximate surface area is 78.9 Å². The topological polar surface area (TPSA) is 152 Å². The SMILES string of the molecule is O=C(O)CCC(P(=O)(O)O)P(=O)(O)O. The van der Waals surface area contributed by atoms with Gasteiger partial charge in [0.05, 0.1) is 0 Å². The first-order valence-corrected chi connectivity index (χ1v) is 6.73. The Morgan fingerprint density at radius 3 is 1.64 bits per heavy atom. The second kappa shape index (κ2) is 4.53. The van der Waals surface area contributed by atoms with Crippen molar-refractivity contribution < 1.29 is 38.6 Å². The average Bonchev–Trinajstić information content (AvgIpc) is 1.78. The molecule has 0 fully saturated rings. The van der Waals surface area contributed by atoms with Gasteiger partial charge < -0.3 is 24.7 Å². The van der Waals surface area contributed by atoms with Crippen molar-refractivity contribution in [3.63, 3.8) is 0 Å². The van der Waals surface area contributed by atoms with Gasteiger partial charge in [0, 0.05) is 6.42 Å². The van der Waals surface area contributed by atoms with Crippen LogP contribution in [0.1, 0.15) is 12.8 Å². The van der Waals surface area contributed by atoms with E-state index in [1.807, 2.05) is 0 Å². The number of hydrogen-bond donors (Lipinski definition) is 5. The molecule has 14 heavy (non-hydrogen) atoms. The lowest BCUT2D eigenvalue weighted by atomic mass is 10.3. The zero-order valence-electron chi connectivity index (χ0n) is 6.85. The molecule has 0 unspecified atom stereocenters. The van der Waals surface area contributed by atoms with E-state index in [-0.39, 0.29) is 0 Å². The number of carbonyl (C=O) groups is 1. The van der Waals surface area contributed by atoms with Crippen LogP contribution in [-0.4, -0.2) is 36.0 Å². The molecule has 0 saturated carbocycles. The summed E-state index contributed by atoms with van der Waals surface area (Å²) < 4.78 is 21.2. The van der Waals surface area contributed by atoms with Crippen molar-refractivity contribution >= 4 is 21.2 Å². The van der Waals surface area contributed by atoms with E-state index in [4.69, 9.17) is 24.7 Å². The zero-order valence-corrected chi connectivity index (χ0v) is 8.64. The highest BCUT2D eigenvalue weighted by Crippen LogP contribution is 2.61. The molecule has 0 heterocycles. The third-order valence-corrected chi connectivity index (χ3v) is 5.27. The van der Waals surface area contributed by atoms with E-state index in [0.29, 0.717) is 0 Å². The van der Waals surface area contributed by atoms with Gasteiger partial charge in [-0.1, -0.05) is 0 Å². The van der Waals surface area contributed by atoms with Gasteiger partial charge >= 0.3 is 21.2 Å². The molecule has 0 amide bonds. The molecule has 84 valence electrons. The summed E-state index contributed by atoms with van der Waals surface area (Å²) in [5.41, 5.74) is 0. The number of rotatable bonds is 5. The Balaban J connectivity index is 4.69. The molecule has 0 atom stereocenters. The smallest absolute Gasteiger partial charge is 0.340 e. The van der Waals surface area contributed by atoms with E-state index in [1.165, 1.54) is 0 Å². The van der Waals surface area contributed by atoms with Gasteiger partial charge in [-0.05, 0) is 6.42 Å². The van der Waals surface area contributed by atoms with Gasteiger partial charge in [0.1, 0.15) is 0 Å². The van der Waals surface area contributed by atoms with Crippen molar-refractivity contribution in [2.45, 2.75) is 18.2 Å². The van der Waals surface area contributed by atoms with Gasteiger partial charge in [-0.2, -0.15) is 0 Å². The molecule has 0 spiro atoms. The third kappa shape index (κ3) is 4.85. The summed E-state index contributed by atoms with van der Waals surface area (Å²) in [6.45, 7) is 0. The predicted octanol–water partition coefficient (Wildman–Crippen LogP) is -0.467. The van der Waals surface area contributed by atoms with Crippen LogP contribution in [0.4, 0.5) is 0 Å². The minimum absolute atomic E-state index is 0.707. The van der Waals surface area contributed by atoms with Crippen molar-refractivity contribution in [1.82, 2.24) is 0 Å². The Morgan fingerprint density at radius 1 is 1.07 bits per heavy atom. The van der Waals surface area contributed by atoms with Crippen molar-refractivity contribution in [3.05, 3.63) is 0 Å². The fraction of sp³-hybridized carbons (Fsp3) is 0.750. The van der Waals surface area contributed by atoms with Gasteiger partial charge in [0.15, 0.2) is 5.40 Å². The van der Waals surface area contributed by atoms with E-state index in [1.54, 1.807) is 0 Å². The molecule has 8 nitrogen and oxygen atoms in total. The fourth-order valence-electron chi connectivity index (χ4n) is 0.785. The molecule has 5 N–H and O–H groups in total. The van der Waals surface area contributed by atoms with E-state index < -0.39 is 39.4 Å². The number of aliphatic carboxylic acids is 1. The average molecular weight is 248 g/mol. The second-order valence-corrected chi connectivity index (χ2v) is 6.60. The molecule has 0 aromatic rings. The molecular formula is C4H10O8P2. The molecule has 0 bridgehead atoms. The third-order valence-electron chi connectivity index (χ3n) is 1.39. The maximum atomic E-state index is 10.6. The van der Waals surface area contributed by atoms with Crippen molar-refractivity contribution in [3.8, 4) is 0 Å². The van der Waals surface area contributed by atoms with Crippen LogP contribution < -0.4 is 0 Å². The molecular weight excluding hydrogens is 238 g/mol. The van der Waals surface area contributed by atoms with E-state index in [0.717, 1.165) is 0 Å². The first kappa shape index (κ1) is 13.8. The van der Waals surface area contributed by atoms with Crippen LogP contribution in [0.5, 0.6) is 0 Å². The van der Waals surface area contributed by atoms with Crippen LogP contribution in [0, 0.1) is 0 Å². The summed E-state index contributed by atoms with van der Waals surface area (Å²) in [6.07, 6.45) is -1.47. The van der Waals surface area contributed by atoms with Crippen molar-refractivity contribution in [1.29, 1.82) is 0 Å². The summed E-state index contributed by atoms with van der Waals surface area (Å²) >= 11 is 0. The Hall–Kier alpha value is -0.230. The monoisotopic (exact) mass is 248 g/mol. The molecule has 0 aliphatic carbocycles. The largest absolute Gasteiger partial charge is 0.481 e. The first-order chi connectivity index (χ1) is 6.05. The lowest BCUT2D eigenvalue weighted by molar-refractivity contribution is -0.137. The molecule has 10 heteroatoms. The minimum Gasteiger partial charge on any atom is -0.481 e. The van der Waals surface area contributed by atoms with Crippen molar-refractivity contribution in [2.75, 3.05) is 0 Å². The maximum Gasteiger partial charge on any atom is 0.340 e. The standard InChI is InChI=1S/C4H10O8P2/c5-3(6)1-2-4(13(7,8)9)14(10,11)12/h4H,1-2H2,(H,5,6)(H2,7,8,9)(H2,10,11,12). The van der Waals surface area contributed by atoms with Gasteiger partial charge in [0.2, 0.25) is 0 Å². The van der Waals surface area contributed by atoms with Crippen LogP contribution in [0.15, 0.2) is 0 Å². The van der Waals surface area contributed by atoms with E-state index in [9.17, 15) is 13.9 Å². The molecule has 0 aliphatic rings. The highest BCUT2D eigenvalue weighted by molar-refractivity contribution is 7.70. The molecule has 0 aromatic heterocycles. The van der Waals surface area contributed by atoms with Crippen LogP contribution in [0.25, 0.3) is 0 Å². The van der Waals surface area contributed by atoms with Gasteiger partial charge in [-0.15, -0.1) is 0 Å². The first-order valence-electron chi connectivity index (χ1n) is 3.37. The predicted molar refractivity (Wildman–Crippen MR) is 44.7 cm³/mol. The number of hydrogen-bond acceptors (Lipinski definition) is 3. The van der Waals surface area contributed by atoms with Gasteiger partial charge in [0.25, 0.3) is 0 Å². The molecule has 0 rings (SSSR count). The summed E-state index contributed by atoms with van der Waals surface area (Å²) in [6, 6.07) is 0. The molecule has 0 aliphatic heterocycles. The summed E-state index contributed by atoms with van der Waals surface area (Å²) in [7, 11) is -9.96. The fourth-order valence-corrected chi connectivity index (χ4v) is 3.28. The normalized spacial score (nSPS) is 13.2. The molecule has 0 radical (unpaired) electrons. The van der Waals surface area contributed by atoms with E-state index >= 15 is 0 Å². The minimum atomic E-state index is -4.98. The van der Waals surface area contributed by atoms with Crippen molar-refractivity contribution in [2.24, 2.45) is 0 Å². The number of carboxylic acids is 1. The second-order valence-electron chi connectivity index (χ2n) is 2.59. The quantitative estimate of drug-likeness (QED) is 0.409. The van der Waals surface area contributed by atoms with Crippen LogP contribution in [0.3, 0.4) is 0 Å². The van der Waals surface area contributed by atoms with Crippen LogP contribution in [0.2, 0.25) is 0 Å². The Kier molecular flexibility index (Phi) is 4.45. The highest BCUT2D eigenvalue weighted by Gasteiger charge is 2.43. The maximum absolute atomic E-state index is 10.6. The lowest BCUT2D eigenvalue weighted by Gasteiger charge is -2.18. The Morgan fingerprint density at radius 2 is 1.43 bits per heavy atom. The zero-order chi connectivity index (χ0) is 11.6. The van der Waals surface area contributed by atoms with E-state index in [2.05, 4.69) is 0 Å². The van der Waals surface area contributed by atoms with Gasteiger partial charge in [-0.3, -0.25) is 13.9 Å². The molecule has 0 saturated heterocycles. The van der Waals surface area contributed by atoms with Gasteiger partial charge in [-0.25, -0.2) is 0 Å². The summed E-state index contributed by atoms with van der Waals surface area (Å²) in [5, 5.41) is 5.96. The summed E-state index contributed by atoms with van der Waals surface area (Å²) in [5.74, 6) is -1.38. The van der Waals surface area contributed by atoms with Crippen LogP contribution >= 0.6 is 15.2 Å². The molecule has 0 aromatic carbocycles. The summed E-state index contributed by atoms with van der Waals surface area (Å²) in [4.78, 5) is 44.3. The lowest BCUT2D eigenvalue weighted by Crippen LogP contribution is -2.11. The Bertz CT molecular complexity index is 276. The van der Waals surface area contributed by atoms with Crippen LogP contribution in [-0.2, 0) is 13.9 Å².